The van der Waals surface area contributed by atoms with Crippen LogP contribution in [0.25, 0.3) is 0 Å². The summed E-state index contributed by atoms with van der Waals surface area (Å²) in [6.07, 6.45) is 4.87. The summed E-state index contributed by atoms with van der Waals surface area (Å²) >= 11 is 0. The van der Waals surface area contributed by atoms with E-state index in [0.29, 0.717) is 0 Å². The molecule has 0 bridgehead atoms. The van der Waals surface area contributed by atoms with E-state index in [1.165, 1.54) is 6.08 Å². The van der Waals surface area contributed by atoms with E-state index in [0.717, 1.165) is 12.8 Å². The minimum atomic E-state index is 0.0341. The monoisotopic (exact) mass is 111 g/mol. The number of carbonyl (C=O) groups is 1. The second kappa shape index (κ2) is 4.57. The third-order valence-electron chi connectivity index (χ3n) is 0.835. The first-order chi connectivity index (χ1) is 3.81. The molecule has 0 aliphatic rings. The molecule has 0 aliphatic heterocycles. The van der Waals surface area contributed by atoms with Gasteiger partial charge in [0.2, 0.25) is 0 Å². The van der Waals surface area contributed by atoms with E-state index in [9.17, 15) is 4.79 Å². The van der Waals surface area contributed by atoms with E-state index in [2.05, 4.69) is 6.58 Å². The highest BCUT2D eigenvalue weighted by atomic mass is 16.1. The van der Waals surface area contributed by atoms with Crippen molar-refractivity contribution in [2.45, 2.75) is 19.8 Å². The van der Waals surface area contributed by atoms with Crippen molar-refractivity contribution >= 4 is 5.78 Å². The smallest absolute Gasteiger partial charge is 0.158 e. The maximum atomic E-state index is 10.4. The van der Waals surface area contributed by atoms with Gasteiger partial charge in [0.1, 0.15) is 0 Å². The number of unbranched alkanes of at least 4 members (excludes halogenated alkanes) is 1. The van der Waals surface area contributed by atoms with Crippen LogP contribution in [0.15, 0.2) is 12.7 Å². The van der Waals surface area contributed by atoms with Crippen LogP contribution in [-0.4, -0.2) is 5.78 Å². The van der Waals surface area contributed by atoms with Gasteiger partial charge in [-0.15, -0.1) is 0 Å². The predicted molar refractivity (Wildman–Crippen MR) is 34.4 cm³/mol. The van der Waals surface area contributed by atoms with Gasteiger partial charge < -0.3 is 0 Å². The molecule has 1 heteroatoms. The summed E-state index contributed by atoms with van der Waals surface area (Å²) in [6.45, 7) is 5.37. The van der Waals surface area contributed by atoms with Gasteiger partial charge >= 0.3 is 0 Å². The summed E-state index contributed by atoms with van der Waals surface area (Å²) < 4.78 is 0. The average molecular weight is 111 g/mol. The van der Waals surface area contributed by atoms with Crippen LogP contribution in [0.3, 0.4) is 0 Å². The molecule has 0 heterocycles. The lowest BCUT2D eigenvalue weighted by Gasteiger charge is -1.87. The summed E-state index contributed by atoms with van der Waals surface area (Å²) in [5.74, 6) is 0.0341. The largest absolute Gasteiger partial charge is 0.295 e. The highest BCUT2D eigenvalue weighted by molar-refractivity contribution is 5.96. The lowest BCUT2D eigenvalue weighted by Crippen LogP contribution is -1.90. The quantitative estimate of drug-likeness (QED) is 0.505. The summed E-state index contributed by atoms with van der Waals surface area (Å²) in [5, 5.41) is 0. The molecule has 0 saturated carbocycles. The van der Waals surface area contributed by atoms with Crippen molar-refractivity contribution in [1.29, 1.82) is 0 Å². The number of hydrogen-bond donors (Lipinski definition) is 0. The zero-order chi connectivity index (χ0) is 6.41. The number of ketones is 1. The maximum Gasteiger partial charge on any atom is 0.158 e. The molecule has 0 spiro atoms. The number of rotatable bonds is 4. The fraction of sp³-hybridized carbons (Fsp3) is 0.429. The van der Waals surface area contributed by atoms with Gasteiger partial charge in [-0.1, -0.05) is 19.9 Å². The van der Waals surface area contributed by atoms with Crippen LogP contribution < -0.4 is 0 Å². The zero-order valence-electron chi connectivity index (χ0n) is 5.18. The molecule has 0 atom stereocenters. The molecular formula is C7H11O. The van der Waals surface area contributed by atoms with Gasteiger partial charge in [0.05, 0.1) is 0 Å². The molecule has 0 fully saturated rings. The molecule has 0 aliphatic carbocycles. The standard InChI is InChI=1S/C7H11O/c1-3-5-6-7(8)4-2/h4,6H,2-3,5H2,1H3. The van der Waals surface area contributed by atoms with Crippen molar-refractivity contribution in [3.8, 4) is 0 Å². The Morgan fingerprint density at radius 2 is 2.38 bits per heavy atom. The van der Waals surface area contributed by atoms with Gasteiger partial charge in [-0.3, -0.25) is 4.79 Å². The van der Waals surface area contributed by atoms with E-state index in [-0.39, 0.29) is 5.78 Å². The van der Waals surface area contributed by atoms with Crippen LogP contribution in [0.2, 0.25) is 0 Å². The fourth-order valence-corrected chi connectivity index (χ4v) is 0.370. The molecule has 1 nitrogen and oxygen atoms in total. The molecule has 0 saturated heterocycles. The predicted octanol–water partition coefficient (Wildman–Crippen LogP) is 1.75. The molecule has 0 unspecified atom stereocenters. The van der Waals surface area contributed by atoms with Gasteiger partial charge in [0, 0.05) is 6.42 Å². The minimum Gasteiger partial charge on any atom is -0.295 e. The normalized spacial score (nSPS) is 8.62. The van der Waals surface area contributed by atoms with E-state index in [1.807, 2.05) is 6.92 Å². The Labute approximate surface area is 50.4 Å². The maximum absolute atomic E-state index is 10.4. The Balaban J connectivity index is 3.11. The first-order valence-corrected chi connectivity index (χ1v) is 2.81. The zero-order valence-corrected chi connectivity index (χ0v) is 5.18. The third-order valence-corrected chi connectivity index (χ3v) is 0.835. The van der Waals surface area contributed by atoms with Crippen LogP contribution >= 0.6 is 0 Å². The fourth-order valence-electron chi connectivity index (χ4n) is 0.370. The third kappa shape index (κ3) is 3.59. The Bertz CT molecular complexity index is 84.4. The van der Waals surface area contributed by atoms with Gasteiger partial charge in [0.25, 0.3) is 0 Å². The summed E-state index contributed by atoms with van der Waals surface area (Å²) in [5.41, 5.74) is 0. The van der Waals surface area contributed by atoms with Gasteiger partial charge in [0.15, 0.2) is 5.78 Å². The second-order valence-corrected chi connectivity index (χ2v) is 1.60. The van der Waals surface area contributed by atoms with E-state index >= 15 is 0 Å². The Kier molecular flexibility index (Phi) is 4.23. The number of hydrogen-bond acceptors (Lipinski definition) is 1. The van der Waals surface area contributed by atoms with Crippen molar-refractivity contribution in [2.24, 2.45) is 0 Å². The SMILES string of the molecule is C=CC(=O)[CH]CCC. The van der Waals surface area contributed by atoms with E-state index in [4.69, 9.17) is 0 Å². The second-order valence-electron chi connectivity index (χ2n) is 1.60. The first-order valence-electron chi connectivity index (χ1n) is 2.81. The molecular weight excluding hydrogens is 100 g/mol. The van der Waals surface area contributed by atoms with E-state index in [1.54, 1.807) is 6.42 Å². The summed E-state index contributed by atoms with van der Waals surface area (Å²) in [7, 11) is 0. The molecule has 1 radical (unpaired) electrons. The van der Waals surface area contributed by atoms with Crippen LogP contribution in [0.5, 0.6) is 0 Å². The van der Waals surface area contributed by atoms with Crippen molar-refractivity contribution in [3.63, 3.8) is 0 Å². The Hall–Kier alpha value is -0.590. The van der Waals surface area contributed by atoms with Crippen molar-refractivity contribution in [2.75, 3.05) is 0 Å². The lowest BCUT2D eigenvalue weighted by atomic mass is 10.2. The highest BCUT2D eigenvalue weighted by Crippen LogP contribution is 1.92. The molecule has 8 heavy (non-hydrogen) atoms. The van der Waals surface area contributed by atoms with Gasteiger partial charge in [-0.25, -0.2) is 0 Å². The molecule has 0 amide bonds. The van der Waals surface area contributed by atoms with Gasteiger partial charge in [-0.2, -0.15) is 0 Å². The Morgan fingerprint density at radius 3 is 2.75 bits per heavy atom. The van der Waals surface area contributed by atoms with Crippen molar-refractivity contribution in [3.05, 3.63) is 19.1 Å². The highest BCUT2D eigenvalue weighted by Gasteiger charge is 1.91. The molecule has 0 rings (SSSR count). The number of allylic oxidation sites excluding steroid dienone is 1. The molecule has 0 aromatic rings. The molecule has 0 aromatic heterocycles. The molecule has 45 valence electrons. The van der Waals surface area contributed by atoms with Crippen LogP contribution in [0.1, 0.15) is 19.8 Å². The van der Waals surface area contributed by atoms with Crippen molar-refractivity contribution < 1.29 is 4.79 Å². The van der Waals surface area contributed by atoms with Crippen LogP contribution in [-0.2, 0) is 4.79 Å². The minimum absolute atomic E-state index is 0.0341. The van der Waals surface area contributed by atoms with Crippen molar-refractivity contribution in [1.82, 2.24) is 0 Å². The number of carbonyl (C=O) groups excluding carboxylic acids is 1. The topological polar surface area (TPSA) is 17.1 Å². The summed E-state index contributed by atoms with van der Waals surface area (Å²) in [6, 6.07) is 0. The first kappa shape index (κ1) is 7.41. The van der Waals surface area contributed by atoms with Gasteiger partial charge in [-0.05, 0) is 12.5 Å². The average Bonchev–Trinajstić information content (AvgIpc) is 1.83. The van der Waals surface area contributed by atoms with E-state index < -0.39 is 0 Å². The summed E-state index contributed by atoms with van der Waals surface area (Å²) in [4.78, 5) is 10.4. The molecule has 0 N–H and O–H groups in total. The lowest BCUT2D eigenvalue weighted by molar-refractivity contribution is -0.111. The molecule has 0 aromatic carbocycles. The van der Waals surface area contributed by atoms with Crippen LogP contribution in [0.4, 0.5) is 0 Å². The van der Waals surface area contributed by atoms with Crippen LogP contribution in [0, 0.1) is 6.42 Å². The Morgan fingerprint density at radius 1 is 1.75 bits per heavy atom.